The van der Waals surface area contributed by atoms with Crippen LogP contribution in [-0.2, 0) is 11.3 Å². The molecule has 0 radical (unpaired) electrons. The van der Waals surface area contributed by atoms with Crippen LogP contribution in [0.25, 0.3) is 0 Å². The lowest BCUT2D eigenvalue weighted by Crippen LogP contribution is -2.55. The molecule has 2 heterocycles. The lowest BCUT2D eigenvalue weighted by atomic mass is 9.95. The molecule has 5 heteroatoms. The quantitative estimate of drug-likeness (QED) is 0.906. The minimum atomic E-state index is -0.120. The smallest absolute Gasteiger partial charge is 0.251 e. The summed E-state index contributed by atoms with van der Waals surface area (Å²) in [7, 11) is 0. The number of piperidine rings is 1. The van der Waals surface area contributed by atoms with Crippen LogP contribution in [0.3, 0.4) is 0 Å². The SMILES string of the molecule is CCN1C(=O)C2CCCCN2c2ccc(C(=O)NCc3ccccc3)cc21. The van der Waals surface area contributed by atoms with Crippen molar-refractivity contribution in [2.45, 2.75) is 38.8 Å². The van der Waals surface area contributed by atoms with Crippen LogP contribution in [0.4, 0.5) is 11.4 Å². The van der Waals surface area contributed by atoms with E-state index in [2.05, 4.69) is 10.2 Å². The van der Waals surface area contributed by atoms with Crippen molar-refractivity contribution in [2.24, 2.45) is 0 Å². The molecule has 0 bridgehead atoms. The van der Waals surface area contributed by atoms with Crippen LogP contribution in [0.2, 0.25) is 0 Å². The zero-order valence-corrected chi connectivity index (χ0v) is 15.6. The maximum atomic E-state index is 12.9. The van der Waals surface area contributed by atoms with E-state index < -0.39 is 0 Å². The predicted molar refractivity (Wildman–Crippen MR) is 107 cm³/mol. The molecule has 2 amide bonds. The first-order valence-electron chi connectivity index (χ1n) is 9.73. The van der Waals surface area contributed by atoms with Gasteiger partial charge in [0, 0.05) is 25.2 Å². The van der Waals surface area contributed by atoms with E-state index in [4.69, 9.17) is 0 Å². The van der Waals surface area contributed by atoms with Crippen LogP contribution >= 0.6 is 0 Å². The van der Waals surface area contributed by atoms with Crippen molar-refractivity contribution in [3.05, 3.63) is 59.7 Å². The highest BCUT2D eigenvalue weighted by molar-refractivity contribution is 6.07. The first kappa shape index (κ1) is 17.6. The van der Waals surface area contributed by atoms with E-state index >= 15 is 0 Å². The molecule has 0 aromatic heterocycles. The average molecular weight is 363 g/mol. The van der Waals surface area contributed by atoms with Crippen LogP contribution < -0.4 is 15.1 Å². The van der Waals surface area contributed by atoms with E-state index in [0.717, 1.165) is 42.7 Å². The zero-order chi connectivity index (χ0) is 18.8. The fourth-order valence-corrected chi connectivity index (χ4v) is 4.11. The highest BCUT2D eigenvalue weighted by atomic mass is 16.2. The molecule has 4 rings (SSSR count). The predicted octanol–water partition coefficient (Wildman–Crippen LogP) is 3.34. The van der Waals surface area contributed by atoms with Gasteiger partial charge < -0.3 is 15.1 Å². The molecule has 5 nitrogen and oxygen atoms in total. The third-order valence-corrected chi connectivity index (χ3v) is 5.50. The summed E-state index contributed by atoms with van der Waals surface area (Å²) in [6.45, 7) is 4.00. The Morgan fingerprint density at radius 3 is 2.70 bits per heavy atom. The first-order chi connectivity index (χ1) is 13.2. The van der Waals surface area contributed by atoms with E-state index in [-0.39, 0.29) is 17.9 Å². The van der Waals surface area contributed by atoms with Crippen molar-refractivity contribution in [3.63, 3.8) is 0 Å². The Morgan fingerprint density at radius 1 is 1.11 bits per heavy atom. The molecule has 0 aliphatic carbocycles. The molecule has 2 aliphatic rings. The molecule has 0 saturated carbocycles. The fraction of sp³-hybridized carbons (Fsp3) is 0.364. The van der Waals surface area contributed by atoms with Crippen molar-refractivity contribution in [3.8, 4) is 0 Å². The van der Waals surface area contributed by atoms with Gasteiger partial charge in [0.05, 0.1) is 11.4 Å². The van der Waals surface area contributed by atoms with E-state index in [9.17, 15) is 9.59 Å². The van der Waals surface area contributed by atoms with E-state index in [1.165, 1.54) is 0 Å². The summed E-state index contributed by atoms with van der Waals surface area (Å²) in [4.78, 5) is 29.6. The molecule has 1 N–H and O–H groups in total. The van der Waals surface area contributed by atoms with Crippen LogP contribution in [-0.4, -0.2) is 30.9 Å². The van der Waals surface area contributed by atoms with Crippen LogP contribution in [0.5, 0.6) is 0 Å². The van der Waals surface area contributed by atoms with Gasteiger partial charge in [-0.2, -0.15) is 0 Å². The highest BCUT2D eigenvalue weighted by Crippen LogP contribution is 2.39. The summed E-state index contributed by atoms with van der Waals surface area (Å²) >= 11 is 0. The van der Waals surface area contributed by atoms with Gasteiger partial charge in [-0.15, -0.1) is 0 Å². The summed E-state index contributed by atoms with van der Waals surface area (Å²) in [6, 6.07) is 15.5. The second kappa shape index (κ2) is 7.43. The second-order valence-electron chi connectivity index (χ2n) is 7.16. The Kier molecular flexibility index (Phi) is 4.84. The van der Waals surface area contributed by atoms with Crippen LogP contribution in [0.1, 0.15) is 42.1 Å². The lowest BCUT2D eigenvalue weighted by Gasteiger charge is -2.45. The number of nitrogens with one attached hydrogen (secondary N) is 1. The monoisotopic (exact) mass is 363 g/mol. The number of hydrogen-bond donors (Lipinski definition) is 1. The molecular weight excluding hydrogens is 338 g/mol. The van der Waals surface area contributed by atoms with Crippen molar-refractivity contribution in [1.29, 1.82) is 0 Å². The number of benzene rings is 2. The molecule has 1 atom stereocenters. The van der Waals surface area contributed by atoms with Crippen LogP contribution in [0, 0.1) is 0 Å². The number of anilines is 2. The summed E-state index contributed by atoms with van der Waals surface area (Å²) in [5.74, 6) is 0.0393. The number of hydrogen-bond acceptors (Lipinski definition) is 3. The average Bonchev–Trinajstić information content (AvgIpc) is 2.73. The number of likely N-dealkylation sites (N-methyl/N-ethyl adjacent to an activating group) is 1. The lowest BCUT2D eigenvalue weighted by molar-refractivity contribution is -0.120. The number of fused-ring (bicyclic) bond motifs is 3. The molecule has 1 saturated heterocycles. The fourth-order valence-electron chi connectivity index (χ4n) is 4.11. The highest BCUT2D eigenvalue weighted by Gasteiger charge is 2.38. The minimum Gasteiger partial charge on any atom is -0.358 e. The van der Waals surface area contributed by atoms with E-state index in [1.807, 2.05) is 60.4 Å². The number of carbonyl (C=O) groups is 2. The largest absolute Gasteiger partial charge is 0.358 e. The Bertz CT molecular complexity index is 850. The second-order valence-corrected chi connectivity index (χ2v) is 7.16. The maximum absolute atomic E-state index is 12.9. The third kappa shape index (κ3) is 3.29. The Hall–Kier alpha value is -2.82. The topological polar surface area (TPSA) is 52.7 Å². The van der Waals surface area contributed by atoms with Gasteiger partial charge in [0.2, 0.25) is 5.91 Å². The standard InChI is InChI=1S/C22H25N3O2/c1-2-24-20-14-17(21(26)23-15-16-8-4-3-5-9-16)11-12-18(20)25-13-7-6-10-19(25)22(24)27/h3-5,8-9,11-12,14,19H,2,6-7,10,13,15H2,1H3,(H,23,26). The minimum absolute atomic E-state index is 0.0519. The molecule has 2 aliphatic heterocycles. The van der Waals surface area contributed by atoms with Gasteiger partial charge in [0.25, 0.3) is 5.91 Å². The van der Waals surface area contributed by atoms with Gasteiger partial charge in [0.1, 0.15) is 6.04 Å². The molecule has 2 aromatic rings. The van der Waals surface area contributed by atoms with E-state index in [1.54, 1.807) is 0 Å². The van der Waals surface area contributed by atoms with E-state index in [0.29, 0.717) is 18.7 Å². The number of amides is 2. The molecular formula is C22H25N3O2. The maximum Gasteiger partial charge on any atom is 0.251 e. The third-order valence-electron chi connectivity index (χ3n) is 5.50. The Morgan fingerprint density at radius 2 is 1.93 bits per heavy atom. The van der Waals surface area contributed by atoms with Crippen molar-refractivity contribution in [1.82, 2.24) is 5.32 Å². The van der Waals surface area contributed by atoms with Crippen molar-refractivity contribution < 1.29 is 9.59 Å². The molecule has 1 fully saturated rings. The van der Waals surface area contributed by atoms with Gasteiger partial charge in [-0.25, -0.2) is 0 Å². The molecule has 2 aromatic carbocycles. The summed E-state index contributed by atoms with van der Waals surface area (Å²) in [5.41, 5.74) is 3.57. The molecule has 0 spiro atoms. The van der Waals surface area contributed by atoms with Gasteiger partial charge in [-0.1, -0.05) is 30.3 Å². The first-order valence-corrected chi connectivity index (χ1v) is 9.73. The zero-order valence-electron chi connectivity index (χ0n) is 15.6. The number of nitrogens with zero attached hydrogens (tertiary/aromatic N) is 2. The van der Waals surface area contributed by atoms with Crippen LogP contribution in [0.15, 0.2) is 48.5 Å². The Balaban J connectivity index is 1.59. The normalized spacial score (nSPS) is 18.7. The van der Waals surface area contributed by atoms with Gasteiger partial charge in [0.15, 0.2) is 0 Å². The van der Waals surface area contributed by atoms with Gasteiger partial charge in [-0.05, 0) is 49.9 Å². The molecule has 1 unspecified atom stereocenters. The van der Waals surface area contributed by atoms with Crippen molar-refractivity contribution in [2.75, 3.05) is 22.9 Å². The van der Waals surface area contributed by atoms with Gasteiger partial charge in [-0.3, -0.25) is 9.59 Å². The van der Waals surface area contributed by atoms with Crippen molar-refractivity contribution >= 4 is 23.2 Å². The van der Waals surface area contributed by atoms with Gasteiger partial charge >= 0.3 is 0 Å². The summed E-state index contributed by atoms with van der Waals surface area (Å²) in [5, 5.41) is 2.97. The Labute approximate surface area is 160 Å². The molecule has 140 valence electrons. The number of carbonyl (C=O) groups excluding carboxylic acids is 2. The number of rotatable bonds is 4. The summed E-state index contributed by atoms with van der Waals surface area (Å²) < 4.78 is 0. The summed E-state index contributed by atoms with van der Waals surface area (Å²) in [6.07, 6.45) is 3.11. The molecule has 27 heavy (non-hydrogen) atoms.